The zero-order valence-corrected chi connectivity index (χ0v) is 18.1. The van der Waals surface area contributed by atoms with E-state index in [2.05, 4.69) is 26.1 Å². The number of nitrogens with one attached hydrogen (secondary N) is 1. The SMILES string of the molecule is CC(C)(C)CC1CC2(O)C3Cc4c(CC5CC5)cc(O)cc4C2(CCN3)CC1=O. The van der Waals surface area contributed by atoms with Gasteiger partial charge in [-0.05, 0) is 91.6 Å². The lowest BCUT2D eigenvalue weighted by Crippen LogP contribution is -2.73. The number of Topliss-reactive ketones (excluding diaryl/α,β-unsaturated/α-hetero) is 1. The smallest absolute Gasteiger partial charge is 0.137 e. The third-order valence-corrected chi connectivity index (χ3v) is 8.15. The highest BCUT2D eigenvalue weighted by molar-refractivity contribution is 5.85. The van der Waals surface area contributed by atoms with Gasteiger partial charge in [0.15, 0.2) is 0 Å². The van der Waals surface area contributed by atoms with Crippen LogP contribution in [0, 0.1) is 17.3 Å². The number of phenolic OH excluding ortho intramolecular Hbond substituents is 1. The Morgan fingerprint density at radius 2 is 2.00 bits per heavy atom. The van der Waals surface area contributed by atoms with E-state index >= 15 is 0 Å². The zero-order valence-electron chi connectivity index (χ0n) is 18.1. The Balaban J connectivity index is 1.61. The van der Waals surface area contributed by atoms with Crippen molar-refractivity contribution >= 4 is 5.78 Å². The number of benzene rings is 1. The molecule has 158 valence electrons. The minimum absolute atomic E-state index is 0.0122. The minimum atomic E-state index is -0.924. The summed E-state index contributed by atoms with van der Waals surface area (Å²) in [6.45, 7) is 7.34. The fraction of sp³-hybridized carbons (Fsp3) is 0.720. The quantitative estimate of drug-likeness (QED) is 0.728. The van der Waals surface area contributed by atoms with Gasteiger partial charge in [-0.2, -0.15) is 0 Å². The molecule has 3 fully saturated rings. The van der Waals surface area contributed by atoms with Crippen molar-refractivity contribution < 1.29 is 15.0 Å². The average molecular weight is 398 g/mol. The average Bonchev–Trinajstić information content (AvgIpc) is 3.40. The van der Waals surface area contributed by atoms with Crippen LogP contribution in [0.25, 0.3) is 0 Å². The van der Waals surface area contributed by atoms with Gasteiger partial charge in [0.25, 0.3) is 0 Å². The number of ketones is 1. The first-order valence-electron chi connectivity index (χ1n) is 11.4. The molecule has 4 aliphatic rings. The molecule has 1 saturated heterocycles. The van der Waals surface area contributed by atoms with Crippen LogP contribution in [0.2, 0.25) is 0 Å². The number of aromatic hydroxyl groups is 1. The second kappa shape index (κ2) is 6.31. The van der Waals surface area contributed by atoms with E-state index in [9.17, 15) is 15.0 Å². The maximum absolute atomic E-state index is 13.3. The van der Waals surface area contributed by atoms with Crippen LogP contribution in [0.5, 0.6) is 5.75 Å². The molecule has 2 saturated carbocycles. The van der Waals surface area contributed by atoms with Crippen LogP contribution in [0.4, 0.5) is 0 Å². The van der Waals surface area contributed by atoms with E-state index < -0.39 is 11.0 Å². The first-order valence-corrected chi connectivity index (χ1v) is 11.4. The summed E-state index contributed by atoms with van der Waals surface area (Å²) < 4.78 is 0. The highest BCUT2D eigenvalue weighted by Crippen LogP contribution is 2.58. The standard InChI is InChI=1S/C25H35NO3/c1-23(2,3)12-17-13-25(29)22-11-19-16(8-15-4-5-15)9-18(27)10-20(19)24(25,6-7-26-22)14-21(17)28/h9-10,15,17,22,26-27,29H,4-8,11-14H2,1-3H3. The van der Waals surface area contributed by atoms with Gasteiger partial charge in [-0.1, -0.05) is 20.8 Å². The lowest BCUT2D eigenvalue weighted by atomic mass is 9.47. The van der Waals surface area contributed by atoms with Crippen LogP contribution in [-0.2, 0) is 23.1 Å². The van der Waals surface area contributed by atoms with Gasteiger partial charge in [-0.15, -0.1) is 0 Å². The van der Waals surface area contributed by atoms with E-state index in [0.717, 1.165) is 43.7 Å². The maximum Gasteiger partial charge on any atom is 0.137 e. The number of hydrogen-bond donors (Lipinski definition) is 3. The second-order valence-corrected chi connectivity index (χ2v) is 11.6. The lowest BCUT2D eigenvalue weighted by Gasteiger charge is -2.62. The summed E-state index contributed by atoms with van der Waals surface area (Å²) in [6.07, 6.45) is 6.87. The van der Waals surface area contributed by atoms with Crippen LogP contribution in [0.1, 0.15) is 76.0 Å². The van der Waals surface area contributed by atoms with Crippen molar-refractivity contribution in [2.24, 2.45) is 17.3 Å². The molecule has 4 atom stereocenters. The molecule has 4 heteroatoms. The van der Waals surface area contributed by atoms with E-state index in [1.807, 2.05) is 12.1 Å². The molecule has 1 aromatic rings. The molecule has 1 heterocycles. The number of hydrogen-bond acceptors (Lipinski definition) is 4. The van der Waals surface area contributed by atoms with Crippen LogP contribution >= 0.6 is 0 Å². The van der Waals surface area contributed by atoms with Crippen LogP contribution in [0.3, 0.4) is 0 Å². The normalized spacial score (nSPS) is 36.5. The molecule has 5 rings (SSSR count). The van der Waals surface area contributed by atoms with Gasteiger partial charge in [0, 0.05) is 23.8 Å². The summed E-state index contributed by atoms with van der Waals surface area (Å²) in [5.41, 5.74) is 2.18. The summed E-state index contributed by atoms with van der Waals surface area (Å²) in [7, 11) is 0. The topological polar surface area (TPSA) is 69.6 Å². The van der Waals surface area contributed by atoms with Crippen LogP contribution in [0.15, 0.2) is 12.1 Å². The van der Waals surface area contributed by atoms with Crippen molar-refractivity contribution in [3.63, 3.8) is 0 Å². The van der Waals surface area contributed by atoms with Gasteiger partial charge < -0.3 is 15.5 Å². The molecule has 4 unspecified atom stereocenters. The summed E-state index contributed by atoms with van der Waals surface area (Å²) in [5.74, 6) is 1.24. The minimum Gasteiger partial charge on any atom is -0.508 e. The molecular weight excluding hydrogens is 362 g/mol. The molecule has 0 spiro atoms. The summed E-state index contributed by atoms with van der Waals surface area (Å²) >= 11 is 0. The summed E-state index contributed by atoms with van der Waals surface area (Å²) in [4.78, 5) is 13.3. The van der Waals surface area contributed by atoms with E-state index in [0.29, 0.717) is 18.6 Å². The van der Waals surface area contributed by atoms with Crippen LogP contribution in [-0.4, -0.2) is 34.2 Å². The molecule has 1 aromatic carbocycles. The largest absolute Gasteiger partial charge is 0.508 e. The highest BCUT2D eigenvalue weighted by atomic mass is 16.3. The first kappa shape index (κ1) is 19.6. The Morgan fingerprint density at radius 1 is 1.24 bits per heavy atom. The van der Waals surface area contributed by atoms with Crippen molar-refractivity contribution in [1.82, 2.24) is 5.32 Å². The summed E-state index contributed by atoms with van der Waals surface area (Å²) in [6, 6.07) is 3.79. The number of fused-ring (bicyclic) bond motifs is 1. The molecule has 0 radical (unpaired) electrons. The Kier molecular flexibility index (Phi) is 4.25. The first-order chi connectivity index (χ1) is 13.6. The fourth-order valence-corrected chi connectivity index (χ4v) is 6.72. The van der Waals surface area contributed by atoms with Crippen molar-refractivity contribution in [3.05, 3.63) is 28.8 Å². The van der Waals surface area contributed by atoms with E-state index in [4.69, 9.17) is 0 Å². The van der Waals surface area contributed by atoms with Gasteiger partial charge >= 0.3 is 0 Å². The molecule has 0 aromatic heterocycles. The number of phenols is 1. The van der Waals surface area contributed by atoms with Crippen LogP contribution < -0.4 is 5.32 Å². The predicted molar refractivity (Wildman–Crippen MR) is 113 cm³/mol. The number of rotatable bonds is 3. The Hall–Kier alpha value is -1.39. The Morgan fingerprint density at radius 3 is 2.69 bits per heavy atom. The molecule has 2 bridgehead atoms. The maximum atomic E-state index is 13.3. The molecule has 1 aliphatic heterocycles. The van der Waals surface area contributed by atoms with Crippen molar-refractivity contribution in [2.75, 3.05) is 6.54 Å². The van der Waals surface area contributed by atoms with Gasteiger partial charge in [0.2, 0.25) is 0 Å². The summed E-state index contributed by atoms with van der Waals surface area (Å²) in [5, 5.41) is 26.3. The number of carbonyl (C=O) groups is 1. The Bertz CT molecular complexity index is 852. The second-order valence-electron chi connectivity index (χ2n) is 11.6. The molecule has 3 aliphatic carbocycles. The predicted octanol–water partition coefficient (Wildman–Crippen LogP) is 3.65. The monoisotopic (exact) mass is 397 g/mol. The molecular formula is C25H35NO3. The van der Waals surface area contributed by atoms with Gasteiger partial charge in [0.05, 0.1) is 5.60 Å². The third-order valence-electron chi connectivity index (χ3n) is 8.15. The van der Waals surface area contributed by atoms with Gasteiger partial charge in [-0.25, -0.2) is 0 Å². The van der Waals surface area contributed by atoms with Gasteiger partial charge in [0.1, 0.15) is 11.5 Å². The third kappa shape index (κ3) is 3.06. The van der Waals surface area contributed by atoms with Gasteiger partial charge in [-0.3, -0.25) is 4.79 Å². The molecule has 0 amide bonds. The highest BCUT2D eigenvalue weighted by Gasteiger charge is 2.65. The lowest BCUT2D eigenvalue weighted by molar-refractivity contribution is -0.160. The molecule has 3 N–H and O–H groups in total. The fourth-order valence-electron chi connectivity index (χ4n) is 6.72. The van der Waals surface area contributed by atoms with E-state index in [-0.39, 0.29) is 23.1 Å². The van der Waals surface area contributed by atoms with Crippen molar-refractivity contribution in [3.8, 4) is 5.75 Å². The number of piperidine rings is 1. The van der Waals surface area contributed by atoms with E-state index in [1.165, 1.54) is 24.0 Å². The number of carbonyl (C=O) groups excluding carboxylic acids is 1. The Labute approximate surface area is 174 Å². The van der Waals surface area contributed by atoms with Crippen molar-refractivity contribution in [1.29, 1.82) is 0 Å². The van der Waals surface area contributed by atoms with E-state index in [1.54, 1.807) is 0 Å². The zero-order chi connectivity index (χ0) is 20.6. The molecule has 4 nitrogen and oxygen atoms in total. The molecule has 29 heavy (non-hydrogen) atoms. The number of aliphatic hydroxyl groups is 1. The van der Waals surface area contributed by atoms with Crippen molar-refractivity contribution in [2.45, 2.75) is 89.2 Å².